The second-order valence-electron chi connectivity index (χ2n) is 6.20. The van der Waals surface area contributed by atoms with Gasteiger partial charge in [-0.2, -0.15) is 0 Å². The Balaban J connectivity index is 1.94. The monoisotopic (exact) mass is 347 g/mol. The van der Waals surface area contributed by atoms with Crippen LogP contribution in [-0.4, -0.2) is 5.78 Å². The summed E-state index contributed by atoms with van der Waals surface area (Å²) in [7, 11) is 0. The standard InChI is InChI=1S/C19H19Cl2NO/c1-11-17(13-3-7-15(20)8-4-13)22-18(12(2)19(11)23)14-5-9-16(21)10-6-14/h3-12,17-18,22H,1-2H3/t11-,12-,17-,18+/m1/s1. The van der Waals surface area contributed by atoms with Gasteiger partial charge in [-0.25, -0.2) is 0 Å². The van der Waals surface area contributed by atoms with Crippen LogP contribution < -0.4 is 5.32 Å². The molecule has 1 saturated heterocycles. The number of piperidine rings is 1. The second-order valence-corrected chi connectivity index (χ2v) is 7.08. The fourth-order valence-electron chi connectivity index (χ4n) is 3.34. The Morgan fingerprint density at radius 2 is 1.09 bits per heavy atom. The number of halogens is 2. The van der Waals surface area contributed by atoms with Crippen molar-refractivity contribution in [2.75, 3.05) is 0 Å². The molecule has 2 aromatic carbocycles. The summed E-state index contributed by atoms with van der Waals surface area (Å²) in [5.41, 5.74) is 2.17. The normalized spacial score (nSPS) is 27.9. The highest BCUT2D eigenvalue weighted by Crippen LogP contribution is 2.38. The molecule has 0 spiro atoms. The molecule has 2 aromatic rings. The smallest absolute Gasteiger partial charge is 0.142 e. The SMILES string of the molecule is C[C@H]1C(=O)[C@H](C)[C@H](c2ccc(Cl)cc2)N[C@@H]1c1ccc(Cl)cc1. The average Bonchev–Trinajstić information content (AvgIpc) is 2.55. The lowest BCUT2D eigenvalue weighted by Gasteiger charge is -2.39. The Labute approximate surface area is 146 Å². The van der Waals surface area contributed by atoms with Crippen molar-refractivity contribution < 1.29 is 4.79 Å². The third-order valence-corrected chi connectivity index (χ3v) is 5.22. The summed E-state index contributed by atoms with van der Waals surface area (Å²) in [6.45, 7) is 3.98. The molecule has 1 heterocycles. The van der Waals surface area contributed by atoms with E-state index >= 15 is 0 Å². The number of carbonyl (C=O) groups excluding carboxylic acids is 1. The van der Waals surface area contributed by atoms with Crippen molar-refractivity contribution in [2.45, 2.75) is 25.9 Å². The Morgan fingerprint density at radius 3 is 1.43 bits per heavy atom. The highest BCUT2D eigenvalue weighted by Gasteiger charge is 2.40. The van der Waals surface area contributed by atoms with Crippen LogP contribution in [0, 0.1) is 11.8 Å². The Morgan fingerprint density at radius 1 is 0.739 bits per heavy atom. The minimum atomic E-state index is -0.0743. The maximum atomic E-state index is 12.7. The van der Waals surface area contributed by atoms with E-state index in [1.165, 1.54) is 0 Å². The lowest BCUT2D eigenvalue weighted by atomic mass is 9.76. The van der Waals surface area contributed by atoms with E-state index in [4.69, 9.17) is 23.2 Å². The molecule has 1 N–H and O–H groups in total. The number of benzene rings is 2. The number of hydrogen-bond acceptors (Lipinski definition) is 2. The number of rotatable bonds is 2. The Hall–Kier alpha value is -1.35. The quantitative estimate of drug-likeness (QED) is 0.806. The van der Waals surface area contributed by atoms with Crippen LogP contribution in [0.3, 0.4) is 0 Å². The molecule has 0 aromatic heterocycles. The lowest BCUT2D eigenvalue weighted by Crippen LogP contribution is -2.46. The van der Waals surface area contributed by atoms with E-state index in [0.29, 0.717) is 10.0 Å². The minimum Gasteiger partial charge on any atom is -0.302 e. The van der Waals surface area contributed by atoms with Crippen molar-refractivity contribution in [1.82, 2.24) is 5.32 Å². The van der Waals surface area contributed by atoms with Gasteiger partial charge in [0.1, 0.15) is 5.78 Å². The van der Waals surface area contributed by atoms with Gasteiger partial charge >= 0.3 is 0 Å². The first-order valence-corrected chi connectivity index (χ1v) is 8.53. The molecule has 0 aliphatic carbocycles. The lowest BCUT2D eigenvalue weighted by molar-refractivity contribution is -0.130. The summed E-state index contributed by atoms with van der Waals surface area (Å²) in [6.07, 6.45) is 0. The molecule has 0 unspecified atom stereocenters. The molecule has 4 atom stereocenters. The number of nitrogens with one attached hydrogen (secondary N) is 1. The third kappa shape index (κ3) is 3.30. The van der Waals surface area contributed by atoms with Crippen LogP contribution in [0.2, 0.25) is 10.0 Å². The first kappa shape index (κ1) is 16.5. The van der Waals surface area contributed by atoms with Gasteiger partial charge in [0.25, 0.3) is 0 Å². The molecule has 0 bridgehead atoms. The Bertz CT molecular complexity index is 637. The predicted molar refractivity (Wildman–Crippen MR) is 94.9 cm³/mol. The van der Waals surface area contributed by atoms with Crippen LogP contribution in [0.15, 0.2) is 48.5 Å². The third-order valence-electron chi connectivity index (χ3n) is 4.71. The van der Waals surface area contributed by atoms with Gasteiger partial charge in [0.05, 0.1) is 0 Å². The summed E-state index contributed by atoms with van der Waals surface area (Å²) in [5.74, 6) is 0.133. The Kier molecular flexibility index (Phi) is 4.77. The fraction of sp³-hybridized carbons (Fsp3) is 0.316. The maximum Gasteiger partial charge on any atom is 0.142 e. The molecule has 2 nitrogen and oxygen atoms in total. The van der Waals surface area contributed by atoms with Crippen LogP contribution >= 0.6 is 23.2 Å². The van der Waals surface area contributed by atoms with Gasteiger partial charge in [-0.05, 0) is 35.4 Å². The maximum absolute atomic E-state index is 12.7. The van der Waals surface area contributed by atoms with E-state index < -0.39 is 0 Å². The van der Waals surface area contributed by atoms with Crippen LogP contribution in [-0.2, 0) is 4.79 Å². The van der Waals surface area contributed by atoms with Crippen molar-refractivity contribution in [1.29, 1.82) is 0 Å². The number of Topliss-reactive ketones (excluding diaryl/α,β-unsaturated/α-hetero) is 1. The van der Waals surface area contributed by atoms with E-state index in [9.17, 15) is 4.79 Å². The summed E-state index contributed by atoms with van der Waals surface area (Å²) in [5, 5.41) is 5.05. The predicted octanol–water partition coefficient (Wildman–Crippen LogP) is 5.22. The highest BCUT2D eigenvalue weighted by molar-refractivity contribution is 6.30. The van der Waals surface area contributed by atoms with Gasteiger partial charge in [-0.1, -0.05) is 61.3 Å². The van der Waals surface area contributed by atoms with Gasteiger partial charge in [0, 0.05) is 34.0 Å². The average molecular weight is 348 g/mol. The second kappa shape index (κ2) is 6.64. The molecule has 0 radical (unpaired) electrons. The summed E-state index contributed by atoms with van der Waals surface area (Å²) in [6, 6.07) is 15.4. The molecular weight excluding hydrogens is 329 g/mol. The largest absolute Gasteiger partial charge is 0.302 e. The number of hydrogen-bond donors (Lipinski definition) is 1. The van der Waals surface area contributed by atoms with E-state index in [-0.39, 0.29) is 29.7 Å². The highest BCUT2D eigenvalue weighted by atomic mass is 35.5. The molecule has 120 valence electrons. The number of carbonyl (C=O) groups is 1. The summed E-state index contributed by atoms with van der Waals surface area (Å²) in [4.78, 5) is 12.7. The molecule has 0 amide bonds. The molecule has 1 aliphatic heterocycles. The van der Waals surface area contributed by atoms with Crippen LogP contribution in [0.5, 0.6) is 0 Å². The minimum absolute atomic E-state index is 0.0170. The van der Waals surface area contributed by atoms with Crippen molar-refractivity contribution >= 4 is 29.0 Å². The summed E-state index contributed by atoms with van der Waals surface area (Å²) < 4.78 is 0. The van der Waals surface area contributed by atoms with Gasteiger partial charge in [-0.3, -0.25) is 4.79 Å². The van der Waals surface area contributed by atoms with Gasteiger partial charge in [0.15, 0.2) is 0 Å². The van der Waals surface area contributed by atoms with E-state index in [1.54, 1.807) is 0 Å². The van der Waals surface area contributed by atoms with Crippen LogP contribution in [0.25, 0.3) is 0 Å². The van der Waals surface area contributed by atoms with Crippen molar-refractivity contribution in [2.24, 2.45) is 11.8 Å². The zero-order valence-electron chi connectivity index (χ0n) is 13.1. The molecule has 4 heteroatoms. The van der Waals surface area contributed by atoms with Gasteiger partial charge < -0.3 is 5.32 Å². The fourth-order valence-corrected chi connectivity index (χ4v) is 3.59. The van der Waals surface area contributed by atoms with Gasteiger partial charge in [0.2, 0.25) is 0 Å². The van der Waals surface area contributed by atoms with E-state index in [1.807, 2.05) is 62.4 Å². The van der Waals surface area contributed by atoms with Crippen LogP contribution in [0.1, 0.15) is 37.1 Å². The number of ketones is 1. The molecular formula is C19H19Cl2NO. The molecule has 1 fully saturated rings. The zero-order chi connectivity index (χ0) is 16.6. The molecule has 1 aliphatic rings. The first-order chi connectivity index (χ1) is 11.0. The van der Waals surface area contributed by atoms with Crippen molar-refractivity contribution in [3.05, 3.63) is 69.7 Å². The topological polar surface area (TPSA) is 29.1 Å². The van der Waals surface area contributed by atoms with E-state index in [2.05, 4.69) is 5.32 Å². The van der Waals surface area contributed by atoms with Crippen molar-refractivity contribution in [3.63, 3.8) is 0 Å². The van der Waals surface area contributed by atoms with E-state index in [0.717, 1.165) is 11.1 Å². The van der Waals surface area contributed by atoms with Crippen LogP contribution in [0.4, 0.5) is 0 Å². The summed E-state index contributed by atoms with van der Waals surface area (Å²) >= 11 is 12.0. The molecule has 0 saturated carbocycles. The van der Waals surface area contributed by atoms with Gasteiger partial charge in [-0.15, -0.1) is 0 Å². The van der Waals surface area contributed by atoms with Crippen molar-refractivity contribution in [3.8, 4) is 0 Å². The zero-order valence-corrected chi connectivity index (χ0v) is 14.6. The first-order valence-electron chi connectivity index (χ1n) is 7.78. The molecule has 3 rings (SSSR count). The molecule has 23 heavy (non-hydrogen) atoms.